The number of piperidine rings is 1. The second-order valence-electron chi connectivity index (χ2n) is 5.54. The van der Waals surface area contributed by atoms with Crippen LogP contribution < -0.4 is 11.1 Å². The van der Waals surface area contributed by atoms with Crippen molar-refractivity contribution in [3.63, 3.8) is 0 Å². The number of nitrogens with two attached hydrogens (primary N) is 1. The van der Waals surface area contributed by atoms with E-state index in [1.165, 1.54) is 23.5 Å². The first kappa shape index (κ1) is 20.9. The smallest absolute Gasteiger partial charge is 0.243 e. The zero-order valence-electron chi connectivity index (χ0n) is 13.6. The van der Waals surface area contributed by atoms with E-state index in [0.717, 1.165) is 19.3 Å². The van der Waals surface area contributed by atoms with E-state index in [1.54, 1.807) is 12.1 Å². The van der Waals surface area contributed by atoms with Gasteiger partial charge in [-0.2, -0.15) is 4.31 Å². The highest BCUT2D eigenvalue weighted by Crippen LogP contribution is 2.22. The molecule has 0 saturated carbocycles. The minimum absolute atomic E-state index is 0. The van der Waals surface area contributed by atoms with Gasteiger partial charge in [0.15, 0.2) is 0 Å². The first-order chi connectivity index (χ1) is 10.9. The number of methoxy groups -OCH3 is 1. The average Bonchev–Trinajstić information content (AvgIpc) is 2.56. The average molecular weight is 378 g/mol. The highest BCUT2D eigenvalue weighted by molar-refractivity contribution is 7.89. The van der Waals surface area contributed by atoms with E-state index in [1.807, 2.05) is 0 Å². The maximum Gasteiger partial charge on any atom is 0.243 e. The number of rotatable bonds is 6. The Balaban J connectivity index is 0.00000288. The Hall–Kier alpha value is -1.19. The SMILES string of the molecule is COCC(N)C(=O)Nc1cccc(S(=O)(=O)N2CCCCC2)c1.Cl. The van der Waals surface area contributed by atoms with Gasteiger partial charge in [0.25, 0.3) is 0 Å². The van der Waals surface area contributed by atoms with Gasteiger partial charge in [0, 0.05) is 25.9 Å². The first-order valence-electron chi connectivity index (χ1n) is 7.61. The fourth-order valence-electron chi connectivity index (χ4n) is 2.48. The van der Waals surface area contributed by atoms with Crippen molar-refractivity contribution in [1.29, 1.82) is 0 Å². The van der Waals surface area contributed by atoms with Crippen molar-refractivity contribution in [3.05, 3.63) is 24.3 Å². The fourth-order valence-corrected chi connectivity index (χ4v) is 4.04. The van der Waals surface area contributed by atoms with Crippen LogP contribution in [0.15, 0.2) is 29.2 Å². The molecule has 0 aliphatic carbocycles. The lowest BCUT2D eigenvalue weighted by atomic mass is 10.2. The molecule has 1 saturated heterocycles. The summed E-state index contributed by atoms with van der Waals surface area (Å²) in [5, 5.41) is 2.62. The van der Waals surface area contributed by atoms with Gasteiger partial charge >= 0.3 is 0 Å². The van der Waals surface area contributed by atoms with Crippen LogP contribution in [0.3, 0.4) is 0 Å². The third-order valence-corrected chi connectivity index (χ3v) is 5.63. The lowest BCUT2D eigenvalue weighted by Gasteiger charge is -2.26. The van der Waals surface area contributed by atoms with Gasteiger partial charge < -0.3 is 15.8 Å². The topological polar surface area (TPSA) is 102 Å². The summed E-state index contributed by atoms with van der Waals surface area (Å²) in [7, 11) is -2.07. The fraction of sp³-hybridized carbons (Fsp3) is 0.533. The number of sulfonamides is 1. The molecule has 7 nitrogen and oxygen atoms in total. The number of benzene rings is 1. The molecule has 1 amide bonds. The quantitative estimate of drug-likeness (QED) is 0.775. The van der Waals surface area contributed by atoms with Gasteiger partial charge in [0.2, 0.25) is 15.9 Å². The van der Waals surface area contributed by atoms with Crippen LogP contribution in [-0.4, -0.2) is 51.5 Å². The van der Waals surface area contributed by atoms with E-state index in [4.69, 9.17) is 10.5 Å². The highest BCUT2D eigenvalue weighted by atomic mass is 35.5. The van der Waals surface area contributed by atoms with E-state index in [2.05, 4.69) is 5.32 Å². The molecule has 1 atom stereocenters. The predicted octanol–water partition coefficient (Wildman–Crippen LogP) is 1.20. The van der Waals surface area contributed by atoms with Crippen molar-refractivity contribution in [2.75, 3.05) is 32.1 Å². The van der Waals surface area contributed by atoms with Crippen molar-refractivity contribution in [3.8, 4) is 0 Å². The zero-order chi connectivity index (χ0) is 16.9. The van der Waals surface area contributed by atoms with Gasteiger partial charge in [-0.3, -0.25) is 4.79 Å². The van der Waals surface area contributed by atoms with Gasteiger partial charge in [0.05, 0.1) is 11.5 Å². The Labute approximate surface area is 149 Å². The Morgan fingerprint density at radius 2 is 2.00 bits per heavy atom. The van der Waals surface area contributed by atoms with E-state index >= 15 is 0 Å². The molecule has 9 heteroatoms. The molecule has 2 rings (SSSR count). The number of carbonyl (C=O) groups is 1. The zero-order valence-corrected chi connectivity index (χ0v) is 15.2. The molecule has 1 aliphatic heterocycles. The van der Waals surface area contributed by atoms with Gasteiger partial charge in [-0.25, -0.2) is 8.42 Å². The minimum Gasteiger partial charge on any atom is -0.383 e. The minimum atomic E-state index is -3.52. The monoisotopic (exact) mass is 377 g/mol. The second kappa shape index (κ2) is 9.33. The van der Waals surface area contributed by atoms with Crippen LogP contribution in [0.25, 0.3) is 0 Å². The maximum atomic E-state index is 12.6. The summed E-state index contributed by atoms with van der Waals surface area (Å²) in [6, 6.07) is 5.43. The lowest BCUT2D eigenvalue weighted by Crippen LogP contribution is -2.39. The van der Waals surface area contributed by atoms with Crippen molar-refractivity contribution in [2.24, 2.45) is 5.73 Å². The van der Waals surface area contributed by atoms with Crippen LogP contribution in [0, 0.1) is 0 Å². The van der Waals surface area contributed by atoms with Gasteiger partial charge in [-0.1, -0.05) is 12.5 Å². The molecule has 0 radical (unpaired) electrons. The molecule has 1 fully saturated rings. The molecular formula is C15H24ClN3O4S. The molecule has 1 unspecified atom stereocenters. The van der Waals surface area contributed by atoms with E-state index in [9.17, 15) is 13.2 Å². The summed E-state index contributed by atoms with van der Waals surface area (Å²) in [6.07, 6.45) is 2.81. The largest absolute Gasteiger partial charge is 0.383 e. The Morgan fingerprint density at radius 1 is 1.33 bits per heavy atom. The molecule has 0 bridgehead atoms. The number of hydrogen-bond acceptors (Lipinski definition) is 5. The first-order valence-corrected chi connectivity index (χ1v) is 9.05. The number of hydrogen-bond donors (Lipinski definition) is 2. The van der Waals surface area contributed by atoms with Gasteiger partial charge in [-0.05, 0) is 31.0 Å². The highest BCUT2D eigenvalue weighted by Gasteiger charge is 2.26. The second-order valence-corrected chi connectivity index (χ2v) is 7.48. The number of nitrogens with zero attached hydrogens (tertiary/aromatic N) is 1. The van der Waals surface area contributed by atoms with Crippen molar-refractivity contribution in [1.82, 2.24) is 4.31 Å². The molecule has 0 aromatic heterocycles. The number of nitrogens with one attached hydrogen (secondary N) is 1. The standard InChI is InChI=1S/C15H23N3O4S.ClH/c1-22-11-14(16)15(19)17-12-6-5-7-13(10-12)23(20,21)18-8-3-2-4-9-18;/h5-7,10,14H,2-4,8-9,11,16H2,1H3,(H,17,19);1H. The summed E-state index contributed by atoms with van der Waals surface area (Å²) in [5.74, 6) is -0.417. The van der Waals surface area contributed by atoms with E-state index in [0.29, 0.717) is 18.8 Å². The lowest BCUT2D eigenvalue weighted by molar-refractivity contribution is -0.118. The van der Waals surface area contributed by atoms with Gasteiger partial charge in [0.1, 0.15) is 6.04 Å². The maximum absolute atomic E-state index is 12.6. The van der Waals surface area contributed by atoms with Crippen molar-refractivity contribution < 1.29 is 17.9 Å². The normalized spacial score (nSPS) is 16.9. The van der Waals surface area contributed by atoms with Crippen LogP contribution in [0.5, 0.6) is 0 Å². The molecule has 3 N–H and O–H groups in total. The molecule has 1 aromatic rings. The molecule has 1 heterocycles. The Kier molecular flexibility index (Phi) is 8.11. The van der Waals surface area contributed by atoms with Crippen LogP contribution >= 0.6 is 12.4 Å². The molecule has 24 heavy (non-hydrogen) atoms. The summed E-state index contributed by atoms with van der Waals surface area (Å²) < 4.78 is 31.6. The summed E-state index contributed by atoms with van der Waals surface area (Å²) in [4.78, 5) is 12.1. The van der Waals surface area contributed by atoms with E-state index in [-0.39, 0.29) is 23.9 Å². The Morgan fingerprint density at radius 3 is 2.62 bits per heavy atom. The van der Waals surface area contributed by atoms with Crippen molar-refractivity contribution >= 4 is 34.0 Å². The van der Waals surface area contributed by atoms with Crippen LogP contribution in [0.1, 0.15) is 19.3 Å². The van der Waals surface area contributed by atoms with Crippen LogP contribution in [0.4, 0.5) is 5.69 Å². The summed E-state index contributed by atoms with van der Waals surface area (Å²) in [5.41, 5.74) is 6.06. The number of anilines is 1. The number of amides is 1. The van der Waals surface area contributed by atoms with Crippen molar-refractivity contribution in [2.45, 2.75) is 30.2 Å². The molecular weight excluding hydrogens is 354 g/mol. The van der Waals surface area contributed by atoms with E-state index < -0.39 is 22.0 Å². The number of ether oxygens (including phenoxy) is 1. The summed E-state index contributed by atoms with van der Waals surface area (Å²) >= 11 is 0. The molecule has 1 aromatic carbocycles. The van der Waals surface area contributed by atoms with Crippen LogP contribution in [0.2, 0.25) is 0 Å². The molecule has 0 spiro atoms. The third kappa shape index (κ3) is 5.15. The summed E-state index contributed by atoms with van der Waals surface area (Å²) in [6.45, 7) is 1.17. The molecule has 1 aliphatic rings. The Bertz CT molecular complexity index is 648. The molecule has 136 valence electrons. The van der Waals surface area contributed by atoms with Gasteiger partial charge in [-0.15, -0.1) is 12.4 Å². The predicted molar refractivity (Wildman–Crippen MR) is 94.8 cm³/mol. The van der Waals surface area contributed by atoms with Crippen LogP contribution in [-0.2, 0) is 19.6 Å². The number of carbonyl (C=O) groups excluding carboxylic acids is 1. The number of halogens is 1. The third-order valence-electron chi connectivity index (χ3n) is 3.74.